The third-order valence-electron chi connectivity index (χ3n) is 30.4. The van der Waals surface area contributed by atoms with Gasteiger partial charge >= 0.3 is 0 Å². The molecule has 144 heavy (non-hydrogen) atoms. The molecule has 0 aliphatic heterocycles. The average molecular weight is 1850 g/mol. The van der Waals surface area contributed by atoms with Gasteiger partial charge < -0.3 is 0 Å². The molecule has 0 atom stereocenters. The first-order valence-corrected chi connectivity index (χ1v) is 49.2. The van der Waals surface area contributed by atoms with E-state index in [9.17, 15) is 0 Å². The summed E-state index contributed by atoms with van der Waals surface area (Å²) in [4.78, 5) is 5.15. The molecule has 0 spiro atoms. The van der Waals surface area contributed by atoms with E-state index in [-0.39, 0.29) is 0 Å². The van der Waals surface area contributed by atoms with Crippen LogP contribution >= 0.6 is 0 Å². The molecule has 0 radical (unpaired) electrons. The van der Waals surface area contributed by atoms with Crippen molar-refractivity contribution < 1.29 is 0 Å². The number of imidazole rings is 8. The molecule has 0 N–H and O–H groups in total. The highest BCUT2D eigenvalue weighted by molar-refractivity contribution is 6.07. The van der Waals surface area contributed by atoms with Crippen LogP contribution in [0.5, 0.6) is 0 Å². The molecule has 0 saturated heterocycles. The Kier molecular flexibility index (Phi) is 16.8. The topological polar surface area (TPSA) is 78.3 Å². The van der Waals surface area contributed by atoms with E-state index in [1.165, 1.54) is 188 Å². The predicted molar refractivity (Wildman–Crippen MR) is 595 cm³/mol. The Morgan fingerprint density at radius 2 is 0.438 bits per heavy atom. The molecule has 33 rings (SSSR count). The lowest BCUT2D eigenvalue weighted by atomic mass is 9.94. The number of benzene rings is 19. The van der Waals surface area contributed by atoms with Gasteiger partial charge in [0.25, 0.3) is 0 Å². The van der Waals surface area contributed by atoms with Crippen molar-refractivity contribution in [2.75, 3.05) is 0 Å². The van der Waals surface area contributed by atoms with Crippen LogP contribution in [0.25, 0.3) is 255 Å². The van der Waals surface area contributed by atoms with Gasteiger partial charge in [0.1, 0.15) is 33.9 Å². The standard InChI is InChI=1S/C47H29N7.C42H30N4.C40H26N4/c1-4-17-36-30(12-1)26-45-50(39-20-7-9-22-41(39)52(36)45)34-24-25-43-44(29-34)53-37-18-5-2-13-31(37)27-46(53)49(43)32-14-11-15-33(28-32)51-40-21-8-10-23-42(40)54-38-19-6-3-16-35(38)48-47(51)54;1-27-33(22-21-30-26-40-43(31-14-5-3-6-15-31)36-19-11-12-20-37(36)46(40)41(27)30)34-23-24-38-42(28(34)2)45-35-18-10-9-13-29(35)25-39(45)44(38)32-16-7-4-8-17-32;1-3-12-31(13-4-1)41-34-17-9-10-18-35(34)44-37-23-27(19-20-30(37)26-40(41)44)28-21-22-36-38(24-28)43-33-16-8-7-11-29(33)25-39(43)42(36)32-14-5-2-6-15-32/h1-29H;3-26H,1-2H3;1-26H. The molecule has 14 heterocycles. The van der Waals surface area contributed by atoms with Gasteiger partial charge in [0.05, 0.1) is 127 Å². The number of nitrogens with zero attached hydrogens (tertiary/aromatic N) is 15. The Morgan fingerprint density at radius 3 is 0.931 bits per heavy atom. The molecule has 0 bridgehead atoms. The summed E-state index contributed by atoms with van der Waals surface area (Å²) >= 11 is 0. The van der Waals surface area contributed by atoms with Crippen LogP contribution in [0.3, 0.4) is 0 Å². The van der Waals surface area contributed by atoms with Gasteiger partial charge in [-0.3, -0.25) is 62.8 Å². The summed E-state index contributed by atoms with van der Waals surface area (Å²) in [5, 5.41) is 7.41. The molecule has 15 heteroatoms. The van der Waals surface area contributed by atoms with Crippen LogP contribution in [-0.2, 0) is 0 Å². The van der Waals surface area contributed by atoms with Gasteiger partial charge in [0.15, 0.2) is 0 Å². The molecule has 0 amide bonds. The maximum atomic E-state index is 5.15. The van der Waals surface area contributed by atoms with Crippen molar-refractivity contribution in [3.63, 3.8) is 0 Å². The monoisotopic (exact) mass is 1840 g/mol. The van der Waals surface area contributed by atoms with E-state index in [2.05, 4.69) is 556 Å². The molecule has 0 saturated carbocycles. The Morgan fingerprint density at radius 1 is 0.153 bits per heavy atom. The van der Waals surface area contributed by atoms with Crippen molar-refractivity contribution in [1.29, 1.82) is 0 Å². The number of para-hydroxylation sites is 18. The van der Waals surface area contributed by atoms with Crippen LogP contribution in [0.1, 0.15) is 11.1 Å². The van der Waals surface area contributed by atoms with Crippen LogP contribution in [0.15, 0.2) is 479 Å². The van der Waals surface area contributed by atoms with E-state index in [0.29, 0.717) is 0 Å². The third kappa shape index (κ3) is 11.4. The second-order valence-electron chi connectivity index (χ2n) is 38.1. The molecular weight excluding hydrogens is 1760 g/mol. The minimum atomic E-state index is 0.901. The van der Waals surface area contributed by atoms with Gasteiger partial charge in [-0.1, -0.05) is 249 Å². The van der Waals surface area contributed by atoms with Crippen molar-refractivity contribution in [1.82, 2.24) is 67.8 Å². The molecule has 19 aromatic carbocycles. The summed E-state index contributed by atoms with van der Waals surface area (Å²) < 4.78 is 33.4. The number of aromatic nitrogens is 15. The molecular formula is C129H85N15. The van der Waals surface area contributed by atoms with E-state index in [4.69, 9.17) is 4.98 Å². The van der Waals surface area contributed by atoms with Crippen molar-refractivity contribution >= 4 is 193 Å². The lowest BCUT2D eigenvalue weighted by molar-refractivity contribution is 1.09. The van der Waals surface area contributed by atoms with E-state index in [1.54, 1.807) is 0 Å². The zero-order chi connectivity index (χ0) is 94.4. The Balaban J connectivity index is 0.0000000992. The van der Waals surface area contributed by atoms with Crippen molar-refractivity contribution in [3.8, 4) is 62.1 Å². The second-order valence-corrected chi connectivity index (χ2v) is 38.1. The lowest BCUT2D eigenvalue weighted by Gasteiger charge is -2.13. The number of hydrogen-bond donors (Lipinski definition) is 0. The summed E-state index contributed by atoms with van der Waals surface area (Å²) in [7, 11) is 0. The maximum Gasteiger partial charge on any atom is 0.220 e. The van der Waals surface area contributed by atoms with Crippen LogP contribution < -0.4 is 0 Å². The first kappa shape index (κ1) is 79.5. The highest BCUT2D eigenvalue weighted by atomic mass is 15.2. The second kappa shape index (κ2) is 30.5. The number of hydrogen-bond acceptors (Lipinski definition) is 1. The van der Waals surface area contributed by atoms with Crippen molar-refractivity contribution in [2.24, 2.45) is 0 Å². The minimum absolute atomic E-state index is 0.901. The van der Waals surface area contributed by atoms with Gasteiger partial charge in [0, 0.05) is 66.4 Å². The van der Waals surface area contributed by atoms with Gasteiger partial charge in [0.2, 0.25) is 5.78 Å². The maximum absolute atomic E-state index is 5.15. The number of rotatable bonds is 9. The highest BCUT2D eigenvalue weighted by Crippen LogP contribution is 2.46. The number of fused-ring (bicyclic) bond motifs is 35. The molecule has 0 fully saturated rings. The molecule has 14 aromatic heterocycles. The Bertz CT molecular complexity index is 11200. The zero-order valence-electron chi connectivity index (χ0n) is 78.3. The molecule has 15 nitrogen and oxygen atoms in total. The quantitative estimate of drug-likeness (QED) is 0.142. The summed E-state index contributed by atoms with van der Waals surface area (Å²) in [6.45, 7) is 4.58. The summed E-state index contributed by atoms with van der Waals surface area (Å²) in [5.74, 6) is 0.901. The van der Waals surface area contributed by atoms with E-state index in [1.807, 2.05) is 0 Å². The average Bonchev–Trinajstić information content (AvgIpc) is 1.55. The van der Waals surface area contributed by atoms with Crippen molar-refractivity contribution in [2.45, 2.75) is 13.8 Å². The van der Waals surface area contributed by atoms with Gasteiger partial charge in [-0.05, 0) is 278 Å². The van der Waals surface area contributed by atoms with Crippen molar-refractivity contribution in [3.05, 3.63) is 490 Å². The van der Waals surface area contributed by atoms with Gasteiger partial charge in [-0.2, -0.15) is 0 Å². The van der Waals surface area contributed by atoms with Crippen LogP contribution in [0.2, 0.25) is 0 Å². The van der Waals surface area contributed by atoms with Gasteiger partial charge in [-0.25, -0.2) is 4.98 Å². The Hall–Kier alpha value is -19.5. The molecule has 0 aliphatic rings. The minimum Gasteiger partial charge on any atom is -0.294 e. The molecule has 33 aromatic rings. The molecule has 676 valence electrons. The first-order chi connectivity index (χ1) is 71.3. The lowest BCUT2D eigenvalue weighted by Crippen LogP contribution is -1.99. The third-order valence-corrected chi connectivity index (χ3v) is 30.4. The van der Waals surface area contributed by atoms with Crippen LogP contribution in [0, 0.1) is 13.8 Å². The van der Waals surface area contributed by atoms with E-state index >= 15 is 0 Å². The fourth-order valence-corrected chi connectivity index (χ4v) is 24.3. The molecule has 0 unspecified atom stereocenters. The summed E-state index contributed by atoms with van der Waals surface area (Å²) in [6, 6.07) is 173. The van der Waals surface area contributed by atoms with E-state index in [0.717, 1.165) is 78.6 Å². The van der Waals surface area contributed by atoms with Gasteiger partial charge in [-0.15, -0.1) is 0 Å². The predicted octanol–water partition coefficient (Wildman–Crippen LogP) is 31.9. The number of aryl methyl sites for hydroxylation is 2. The van der Waals surface area contributed by atoms with Crippen LogP contribution in [-0.4, -0.2) is 67.8 Å². The summed E-state index contributed by atoms with van der Waals surface area (Å²) in [6.07, 6.45) is 0. The fourth-order valence-electron chi connectivity index (χ4n) is 24.3. The van der Waals surface area contributed by atoms with E-state index < -0.39 is 0 Å². The zero-order valence-corrected chi connectivity index (χ0v) is 78.3. The Labute approximate surface area is 821 Å². The highest BCUT2D eigenvalue weighted by Gasteiger charge is 2.28. The first-order valence-electron chi connectivity index (χ1n) is 49.2. The van der Waals surface area contributed by atoms with Crippen LogP contribution in [0.4, 0.5) is 0 Å². The SMILES string of the molecule is Cc1c(-c2ccc3c(c2C)n2c4ccccc4cc2n3-c2ccccc2)ccc2cc3n(-c4ccccc4)c4ccccc4n3c12.c1cc(-n2c3ccc(-n4c5ccccc5n5c6ccccc6cc45)cc3n3c4ccccc4cc23)cc(-n2c3ccccc3n3c4ccccc4nc23)c1.c1ccc(-n2c3ccccc3n3c4cc(-c5ccc6c(c5)n5c7ccccc7cc5n6-c5ccccc5)ccc4cc23)cc1. The smallest absolute Gasteiger partial charge is 0.220 e. The molecule has 0 aliphatic carbocycles. The fraction of sp³-hybridized carbons (Fsp3) is 0.0155. The largest absolute Gasteiger partial charge is 0.294 e. The summed E-state index contributed by atoms with van der Waals surface area (Å²) in [5.41, 5.74) is 48.3. The normalized spacial score (nSPS) is 12.2.